The number of quaternary nitrogens is 1. The molecule has 3 N–H and O–H groups in total. The van der Waals surface area contributed by atoms with Gasteiger partial charge in [0.1, 0.15) is 0 Å². The van der Waals surface area contributed by atoms with Gasteiger partial charge >= 0.3 is 0 Å². The molecule has 1 fully saturated rings. The van der Waals surface area contributed by atoms with Crippen molar-refractivity contribution in [2.75, 3.05) is 0 Å². The summed E-state index contributed by atoms with van der Waals surface area (Å²) in [7, 11) is 0. The molecule has 3 heteroatoms. The Kier molecular flexibility index (Phi) is 4.72. The van der Waals surface area contributed by atoms with Gasteiger partial charge in [-0.2, -0.15) is 0 Å². The van der Waals surface area contributed by atoms with Crippen molar-refractivity contribution in [3.63, 3.8) is 0 Å². The topological polar surface area (TPSA) is 45.7 Å². The first-order valence-electron chi connectivity index (χ1n) is 7.96. The van der Waals surface area contributed by atoms with Gasteiger partial charge in [-0.3, -0.25) is 4.79 Å². The number of hydrogen-bond donors (Lipinski definition) is 2. The van der Waals surface area contributed by atoms with Crippen LogP contribution in [0.1, 0.15) is 52.5 Å². The maximum absolute atomic E-state index is 12.2. The molecule has 1 aliphatic heterocycles. The number of rotatable bonds is 4. The molecule has 1 aromatic carbocycles. The fourth-order valence-corrected chi connectivity index (χ4v) is 3.82. The van der Waals surface area contributed by atoms with Crippen molar-refractivity contribution in [2.45, 2.75) is 70.5 Å². The van der Waals surface area contributed by atoms with Gasteiger partial charge in [0.25, 0.3) is 0 Å². The highest BCUT2D eigenvalue weighted by atomic mass is 16.1. The molecule has 3 nitrogen and oxygen atoms in total. The summed E-state index contributed by atoms with van der Waals surface area (Å²) in [6, 6.07) is 10.5. The summed E-state index contributed by atoms with van der Waals surface area (Å²) in [5, 5.41) is 5.68. The second kappa shape index (κ2) is 6.18. The highest BCUT2D eigenvalue weighted by Gasteiger charge is 2.41. The molecule has 116 valence electrons. The van der Waals surface area contributed by atoms with Gasteiger partial charge in [0.2, 0.25) is 5.91 Å². The van der Waals surface area contributed by atoms with Gasteiger partial charge in [-0.1, -0.05) is 30.3 Å². The van der Waals surface area contributed by atoms with Gasteiger partial charge in [-0.15, -0.1) is 0 Å². The molecular weight excluding hydrogens is 260 g/mol. The molecule has 0 saturated carbocycles. The summed E-state index contributed by atoms with van der Waals surface area (Å²) >= 11 is 0. The highest BCUT2D eigenvalue weighted by molar-refractivity contribution is 5.76. The Morgan fingerprint density at radius 3 is 2.29 bits per heavy atom. The van der Waals surface area contributed by atoms with Crippen LogP contribution in [0.5, 0.6) is 0 Å². The molecular formula is C18H29N2O+. The molecule has 0 bridgehead atoms. The van der Waals surface area contributed by atoms with Crippen molar-refractivity contribution < 1.29 is 10.1 Å². The summed E-state index contributed by atoms with van der Waals surface area (Å²) in [6.45, 7) is 9.04. The van der Waals surface area contributed by atoms with E-state index < -0.39 is 0 Å². The van der Waals surface area contributed by atoms with Crippen LogP contribution in [0, 0.1) is 0 Å². The number of nitrogens with one attached hydrogen (secondary N) is 1. The molecule has 0 spiro atoms. The zero-order valence-corrected chi connectivity index (χ0v) is 13.8. The Balaban J connectivity index is 1.85. The quantitative estimate of drug-likeness (QED) is 0.875. The third kappa shape index (κ3) is 5.16. The number of carbonyl (C=O) groups excluding carboxylic acids is 1. The number of hydrogen-bond acceptors (Lipinski definition) is 1. The minimum absolute atomic E-state index is 0.178. The number of carbonyl (C=O) groups is 1. The Hall–Kier alpha value is -1.35. The summed E-state index contributed by atoms with van der Waals surface area (Å²) in [4.78, 5) is 12.2. The van der Waals surface area contributed by atoms with Crippen molar-refractivity contribution in [1.82, 2.24) is 5.32 Å². The molecule has 21 heavy (non-hydrogen) atoms. The first-order chi connectivity index (χ1) is 9.76. The normalized spacial score (nSPS) is 21.0. The molecule has 1 aromatic rings. The van der Waals surface area contributed by atoms with E-state index in [1.165, 1.54) is 5.56 Å². The molecule has 0 aliphatic carbocycles. The summed E-state index contributed by atoms with van der Waals surface area (Å²) in [5.41, 5.74) is 1.61. The lowest BCUT2D eigenvalue weighted by atomic mass is 9.79. The number of benzene rings is 1. The van der Waals surface area contributed by atoms with Crippen molar-refractivity contribution in [3.05, 3.63) is 35.9 Å². The van der Waals surface area contributed by atoms with Crippen molar-refractivity contribution >= 4 is 5.91 Å². The molecule has 1 saturated heterocycles. The minimum Gasteiger partial charge on any atom is -0.353 e. The van der Waals surface area contributed by atoms with E-state index in [4.69, 9.17) is 0 Å². The van der Waals surface area contributed by atoms with Crippen molar-refractivity contribution in [1.29, 1.82) is 0 Å². The predicted octanol–water partition coefficient (Wildman–Crippen LogP) is 2.02. The van der Waals surface area contributed by atoms with Crippen LogP contribution >= 0.6 is 0 Å². The Morgan fingerprint density at radius 2 is 1.71 bits per heavy atom. The lowest BCUT2D eigenvalue weighted by Crippen LogP contribution is -3.06. The van der Waals surface area contributed by atoms with Crippen LogP contribution in [-0.2, 0) is 11.2 Å². The van der Waals surface area contributed by atoms with E-state index in [2.05, 4.69) is 50.5 Å². The third-order valence-electron chi connectivity index (χ3n) is 4.18. The maximum Gasteiger partial charge on any atom is 0.220 e. The molecule has 2 rings (SSSR count). The van der Waals surface area contributed by atoms with Gasteiger partial charge in [0.15, 0.2) is 0 Å². The number of amides is 1. The minimum atomic E-state index is 0.178. The predicted molar refractivity (Wildman–Crippen MR) is 86.0 cm³/mol. The SMILES string of the molecule is CC1(C)CC(NC(=O)CCc2ccccc2)CC(C)(C)[NH2+]1. The molecule has 1 heterocycles. The summed E-state index contributed by atoms with van der Waals surface area (Å²) in [5.74, 6) is 0.178. The molecule has 1 amide bonds. The molecule has 1 aliphatic rings. The fraction of sp³-hybridized carbons (Fsp3) is 0.611. The van der Waals surface area contributed by atoms with Crippen LogP contribution in [-0.4, -0.2) is 23.0 Å². The van der Waals surface area contributed by atoms with Crippen LogP contribution < -0.4 is 10.6 Å². The Morgan fingerprint density at radius 1 is 1.14 bits per heavy atom. The van der Waals surface area contributed by atoms with Gasteiger partial charge < -0.3 is 10.6 Å². The van der Waals surface area contributed by atoms with Crippen LogP contribution in [0.4, 0.5) is 0 Å². The zero-order valence-electron chi connectivity index (χ0n) is 13.8. The zero-order chi connectivity index (χ0) is 15.5. The first-order valence-corrected chi connectivity index (χ1v) is 7.96. The molecule has 0 unspecified atom stereocenters. The van der Waals surface area contributed by atoms with Crippen molar-refractivity contribution in [3.8, 4) is 0 Å². The van der Waals surface area contributed by atoms with E-state index >= 15 is 0 Å². The monoisotopic (exact) mass is 289 g/mol. The average Bonchev–Trinajstić information content (AvgIpc) is 2.33. The number of nitrogens with two attached hydrogens (primary N) is 1. The number of piperidine rings is 1. The first kappa shape index (κ1) is 16.0. The summed E-state index contributed by atoms with van der Waals surface area (Å²) in [6.07, 6.45) is 3.46. The van der Waals surface area contributed by atoms with E-state index in [1.807, 2.05) is 18.2 Å². The second-order valence-electron chi connectivity index (χ2n) is 7.78. The fourth-order valence-electron chi connectivity index (χ4n) is 3.82. The Labute approximate surface area is 128 Å². The Bertz CT molecular complexity index is 463. The molecule has 0 radical (unpaired) electrons. The van der Waals surface area contributed by atoms with E-state index in [9.17, 15) is 4.79 Å². The summed E-state index contributed by atoms with van der Waals surface area (Å²) < 4.78 is 0. The van der Waals surface area contributed by atoms with E-state index in [1.54, 1.807) is 0 Å². The second-order valence-corrected chi connectivity index (χ2v) is 7.78. The highest BCUT2D eigenvalue weighted by Crippen LogP contribution is 2.21. The van der Waals surface area contributed by atoms with E-state index in [0.717, 1.165) is 19.3 Å². The van der Waals surface area contributed by atoms with Crippen LogP contribution in [0.2, 0.25) is 0 Å². The van der Waals surface area contributed by atoms with Crippen LogP contribution in [0.25, 0.3) is 0 Å². The van der Waals surface area contributed by atoms with Crippen LogP contribution in [0.15, 0.2) is 30.3 Å². The standard InChI is InChI=1S/C18H28N2O/c1-17(2)12-15(13-18(3,4)20-17)19-16(21)11-10-14-8-6-5-7-9-14/h5-9,15,20H,10-13H2,1-4H3,(H,19,21)/p+1. The van der Waals surface area contributed by atoms with Gasteiger partial charge in [-0.05, 0) is 39.7 Å². The lowest BCUT2D eigenvalue weighted by Gasteiger charge is -2.43. The third-order valence-corrected chi connectivity index (χ3v) is 4.18. The molecule has 0 aromatic heterocycles. The van der Waals surface area contributed by atoms with E-state index in [-0.39, 0.29) is 17.0 Å². The van der Waals surface area contributed by atoms with Crippen LogP contribution in [0.3, 0.4) is 0 Å². The molecule has 0 atom stereocenters. The largest absolute Gasteiger partial charge is 0.353 e. The lowest BCUT2D eigenvalue weighted by molar-refractivity contribution is -0.787. The van der Waals surface area contributed by atoms with Gasteiger partial charge in [-0.25, -0.2) is 0 Å². The smallest absolute Gasteiger partial charge is 0.220 e. The van der Waals surface area contributed by atoms with Crippen molar-refractivity contribution in [2.24, 2.45) is 0 Å². The van der Waals surface area contributed by atoms with Gasteiger partial charge in [0.05, 0.1) is 11.1 Å². The average molecular weight is 289 g/mol. The number of aryl methyl sites for hydroxylation is 1. The van der Waals surface area contributed by atoms with Gasteiger partial charge in [0, 0.05) is 25.3 Å². The maximum atomic E-state index is 12.2. The van der Waals surface area contributed by atoms with E-state index in [0.29, 0.717) is 12.5 Å².